The van der Waals surface area contributed by atoms with Crippen LogP contribution in [0.3, 0.4) is 0 Å². The number of nitriles is 1. The molecule has 0 aliphatic rings. The molecule has 0 aliphatic heterocycles. The summed E-state index contributed by atoms with van der Waals surface area (Å²) in [4.78, 5) is 0. The van der Waals surface area contributed by atoms with Gasteiger partial charge in [0.25, 0.3) is 0 Å². The molecule has 2 N–H and O–H groups in total. The number of hydrogen-bond acceptors (Lipinski definition) is 4. The third kappa shape index (κ3) is 2.87. The molecule has 0 fully saturated rings. The van der Waals surface area contributed by atoms with Gasteiger partial charge < -0.3 is 0 Å². The molecular formula is C4H5N3O. The van der Waals surface area contributed by atoms with E-state index >= 15 is 0 Å². The van der Waals surface area contributed by atoms with Gasteiger partial charge in [0.1, 0.15) is 6.07 Å². The fourth-order valence-electron chi connectivity index (χ4n) is 0.136. The quantitative estimate of drug-likeness (QED) is 0.300. The Morgan fingerprint density at radius 3 is 3.00 bits per heavy atom. The maximum absolute atomic E-state index is 8.01. The highest BCUT2D eigenvalue weighted by atomic mass is 16.5. The molecular weight excluding hydrogens is 106 g/mol. The molecule has 0 rings (SSSR count). The van der Waals surface area contributed by atoms with Crippen molar-refractivity contribution < 1.29 is 5.21 Å². The first-order chi connectivity index (χ1) is 3.81. The summed E-state index contributed by atoms with van der Waals surface area (Å²) in [6.45, 7) is 3.25. The summed E-state index contributed by atoms with van der Waals surface area (Å²) < 4.78 is 0. The summed E-state index contributed by atoms with van der Waals surface area (Å²) in [5, 5.41) is 18.9. The van der Waals surface area contributed by atoms with Crippen molar-refractivity contribution in [3.05, 3.63) is 12.2 Å². The molecule has 4 nitrogen and oxygen atoms in total. The fraction of sp³-hybridized carbons (Fsp3) is 0. The highest BCUT2D eigenvalue weighted by Gasteiger charge is 1.77. The van der Waals surface area contributed by atoms with Crippen molar-refractivity contribution in [1.29, 1.82) is 5.26 Å². The van der Waals surface area contributed by atoms with Crippen molar-refractivity contribution in [2.45, 2.75) is 0 Å². The standard InChI is InChI=1S/C4H5N3O/c1-4(2-5)3-6-7-8/h3,7-8H,1H2/b6-3-. The van der Waals surface area contributed by atoms with Crippen molar-refractivity contribution in [3.63, 3.8) is 0 Å². The van der Waals surface area contributed by atoms with E-state index in [1.807, 2.05) is 0 Å². The lowest BCUT2D eigenvalue weighted by Gasteiger charge is -1.80. The van der Waals surface area contributed by atoms with E-state index in [0.717, 1.165) is 6.21 Å². The molecule has 0 aliphatic carbocycles. The molecule has 4 heteroatoms. The van der Waals surface area contributed by atoms with Crippen LogP contribution < -0.4 is 5.59 Å². The molecule has 0 saturated heterocycles. The predicted octanol–water partition coefficient (Wildman–Crippen LogP) is 0.0308. The third-order valence-corrected chi connectivity index (χ3v) is 0.422. The van der Waals surface area contributed by atoms with Crippen molar-refractivity contribution in [2.75, 3.05) is 0 Å². The Hall–Kier alpha value is -1.34. The van der Waals surface area contributed by atoms with Crippen LogP contribution in [0, 0.1) is 11.3 Å². The second-order valence-corrected chi connectivity index (χ2v) is 0.995. The Bertz CT molecular complexity index is 144. The van der Waals surface area contributed by atoms with E-state index in [9.17, 15) is 0 Å². The monoisotopic (exact) mass is 111 g/mol. The molecule has 8 heavy (non-hydrogen) atoms. The van der Waals surface area contributed by atoms with Gasteiger partial charge in [0.05, 0.1) is 11.8 Å². The zero-order chi connectivity index (χ0) is 6.41. The maximum Gasteiger partial charge on any atom is 0.100 e. The molecule has 0 atom stereocenters. The number of hydrazone groups is 1. The average molecular weight is 111 g/mol. The minimum absolute atomic E-state index is 0.187. The van der Waals surface area contributed by atoms with Crippen molar-refractivity contribution in [1.82, 2.24) is 5.59 Å². The molecule has 0 saturated carbocycles. The minimum Gasteiger partial charge on any atom is -0.274 e. The maximum atomic E-state index is 8.01. The van der Waals surface area contributed by atoms with Crippen molar-refractivity contribution in [2.24, 2.45) is 5.10 Å². The molecule has 0 aromatic heterocycles. The van der Waals surface area contributed by atoms with E-state index in [1.54, 1.807) is 6.07 Å². The summed E-state index contributed by atoms with van der Waals surface area (Å²) in [5.74, 6) is 0. The summed E-state index contributed by atoms with van der Waals surface area (Å²) in [6, 6.07) is 1.70. The number of rotatable bonds is 2. The number of nitrogens with zero attached hydrogens (tertiary/aromatic N) is 2. The van der Waals surface area contributed by atoms with Crippen LogP contribution in [-0.4, -0.2) is 11.4 Å². The SMILES string of the molecule is C=C(C#N)/C=N\NO. The second kappa shape index (κ2) is 3.84. The lowest BCUT2D eigenvalue weighted by molar-refractivity contribution is 0.173. The van der Waals surface area contributed by atoms with Crippen LogP contribution in [0.4, 0.5) is 0 Å². The lowest BCUT2D eigenvalue weighted by Crippen LogP contribution is -1.95. The Balaban J connectivity index is 3.58. The predicted molar refractivity (Wildman–Crippen MR) is 28.2 cm³/mol. The van der Waals surface area contributed by atoms with E-state index in [0.29, 0.717) is 0 Å². The Labute approximate surface area is 46.7 Å². The largest absolute Gasteiger partial charge is 0.274 e. The second-order valence-electron chi connectivity index (χ2n) is 0.995. The molecule has 0 aromatic carbocycles. The first-order valence-electron chi connectivity index (χ1n) is 1.82. The fourth-order valence-corrected chi connectivity index (χ4v) is 0.136. The average Bonchev–Trinajstić information content (AvgIpc) is 1.83. The topological polar surface area (TPSA) is 68.4 Å². The molecule has 0 heterocycles. The number of hydrogen-bond donors (Lipinski definition) is 2. The van der Waals surface area contributed by atoms with Gasteiger partial charge >= 0.3 is 0 Å². The van der Waals surface area contributed by atoms with Crippen molar-refractivity contribution in [3.8, 4) is 6.07 Å². The highest BCUT2D eigenvalue weighted by Crippen LogP contribution is 1.75. The van der Waals surface area contributed by atoms with E-state index in [-0.39, 0.29) is 5.57 Å². The van der Waals surface area contributed by atoms with Crippen LogP contribution in [0.25, 0.3) is 0 Å². The molecule has 0 amide bonds. The lowest BCUT2D eigenvalue weighted by atomic mass is 10.4. The Morgan fingerprint density at radius 2 is 2.62 bits per heavy atom. The van der Waals surface area contributed by atoms with Crippen LogP contribution in [0.15, 0.2) is 17.3 Å². The number of nitrogens with one attached hydrogen (secondary N) is 1. The highest BCUT2D eigenvalue weighted by molar-refractivity contribution is 5.82. The van der Waals surface area contributed by atoms with Crippen LogP contribution in [0.1, 0.15) is 0 Å². The summed E-state index contributed by atoms with van der Waals surface area (Å²) in [6.07, 6.45) is 1.11. The summed E-state index contributed by atoms with van der Waals surface area (Å²) >= 11 is 0. The van der Waals surface area contributed by atoms with Gasteiger partial charge in [0.2, 0.25) is 0 Å². The smallest absolute Gasteiger partial charge is 0.100 e. The van der Waals surface area contributed by atoms with Crippen LogP contribution in [0.2, 0.25) is 0 Å². The molecule has 0 unspecified atom stereocenters. The van der Waals surface area contributed by atoms with Crippen LogP contribution >= 0.6 is 0 Å². The molecule has 0 bridgehead atoms. The van der Waals surface area contributed by atoms with Crippen molar-refractivity contribution >= 4 is 6.21 Å². The van der Waals surface area contributed by atoms with Gasteiger partial charge in [-0.25, -0.2) is 0 Å². The Morgan fingerprint density at radius 1 is 2.00 bits per heavy atom. The third-order valence-electron chi connectivity index (χ3n) is 0.422. The van der Waals surface area contributed by atoms with Gasteiger partial charge in [-0.15, -0.1) is 0 Å². The van der Waals surface area contributed by atoms with E-state index in [2.05, 4.69) is 11.7 Å². The minimum atomic E-state index is 0.187. The zero-order valence-electron chi connectivity index (χ0n) is 4.13. The number of allylic oxidation sites excluding steroid dienone is 1. The normalized spacial score (nSPS) is 8.50. The molecule has 0 radical (unpaired) electrons. The molecule has 42 valence electrons. The van der Waals surface area contributed by atoms with Gasteiger partial charge in [0.15, 0.2) is 0 Å². The van der Waals surface area contributed by atoms with Gasteiger partial charge in [-0.05, 0) is 0 Å². The first-order valence-corrected chi connectivity index (χ1v) is 1.82. The zero-order valence-corrected chi connectivity index (χ0v) is 4.13. The van der Waals surface area contributed by atoms with E-state index in [1.165, 1.54) is 5.59 Å². The Kier molecular flexibility index (Phi) is 3.19. The summed E-state index contributed by atoms with van der Waals surface area (Å²) in [7, 11) is 0. The summed E-state index contributed by atoms with van der Waals surface area (Å²) in [5.41, 5.74) is 1.68. The van der Waals surface area contributed by atoms with Gasteiger partial charge in [-0.1, -0.05) is 6.58 Å². The van der Waals surface area contributed by atoms with Crippen LogP contribution in [-0.2, 0) is 0 Å². The van der Waals surface area contributed by atoms with Crippen LogP contribution in [0.5, 0.6) is 0 Å². The molecule has 0 spiro atoms. The van der Waals surface area contributed by atoms with E-state index < -0.39 is 0 Å². The molecule has 0 aromatic rings. The van der Waals surface area contributed by atoms with Gasteiger partial charge in [0, 0.05) is 0 Å². The van der Waals surface area contributed by atoms with Gasteiger partial charge in [-0.3, -0.25) is 5.21 Å². The van der Waals surface area contributed by atoms with Gasteiger partial charge in [-0.2, -0.15) is 16.0 Å². The van der Waals surface area contributed by atoms with E-state index in [4.69, 9.17) is 10.5 Å². The first kappa shape index (κ1) is 6.66.